The van der Waals surface area contributed by atoms with Gasteiger partial charge in [0.1, 0.15) is 24.3 Å². The fraction of sp³-hybridized carbons (Fsp3) is 0.476. The number of carbonyl (C=O) groups excluding carboxylic acids is 3. The van der Waals surface area contributed by atoms with Crippen LogP contribution in [-0.2, 0) is 20.9 Å². The molecule has 9 nitrogen and oxygen atoms in total. The van der Waals surface area contributed by atoms with Gasteiger partial charge in [-0.25, -0.2) is 9.78 Å². The van der Waals surface area contributed by atoms with Crippen molar-refractivity contribution in [2.75, 3.05) is 6.54 Å². The van der Waals surface area contributed by atoms with E-state index < -0.39 is 30.0 Å². The van der Waals surface area contributed by atoms with Crippen LogP contribution in [0.4, 0.5) is 4.79 Å². The Labute approximate surface area is 174 Å². The van der Waals surface area contributed by atoms with Gasteiger partial charge in [-0.2, -0.15) is 0 Å². The van der Waals surface area contributed by atoms with Gasteiger partial charge in [0.2, 0.25) is 0 Å². The van der Waals surface area contributed by atoms with Crippen molar-refractivity contribution in [2.24, 2.45) is 5.92 Å². The van der Waals surface area contributed by atoms with Crippen molar-refractivity contribution in [3.05, 3.63) is 46.0 Å². The molecule has 30 heavy (non-hydrogen) atoms. The van der Waals surface area contributed by atoms with Crippen molar-refractivity contribution in [3.63, 3.8) is 0 Å². The molecule has 1 saturated heterocycles. The Morgan fingerprint density at radius 2 is 2.00 bits per heavy atom. The molecule has 2 aromatic heterocycles. The Hall–Kier alpha value is -3.23. The lowest BCUT2D eigenvalue weighted by atomic mass is 9.92. The second-order valence-corrected chi connectivity index (χ2v) is 8.27. The molecule has 0 saturated carbocycles. The zero-order valence-electron chi connectivity index (χ0n) is 17.6. The average Bonchev–Trinajstić information content (AvgIpc) is 2.89. The molecule has 0 aliphatic carbocycles. The summed E-state index contributed by atoms with van der Waals surface area (Å²) in [5.74, 6) is -0.812. The molecule has 1 N–H and O–H groups in total. The number of nitrogens with one attached hydrogen (secondary N) is 1. The van der Waals surface area contributed by atoms with E-state index >= 15 is 0 Å². The Kier molecular flexibility index (Phi) is 5.91. The van der Waals surface area contributed by atoms with E-state index in [1.807, 2.05) is 26.8 Å². The van der Waals surface area contributed by atoms with E-state index in [4.69, 9.17) is 4.74 Å². The van der Waals surface area contributed by atoms with E-state index in [1.165, 1.54) is 10.5 Å². The van der Waals surface area contributed by atoms with Gasteiger partial charge < -0.3 is 10.1 Å². The number of imide groups is 1. The number of esters is 1. The van der Waals surface area contributed by atoms with E-state index in [0.29, 0.717) is 18.0 Å². The van der Waals surface area contributed by atoms with Crippen LogP contribution in [0, 0.1) is 12.8 Å². The van der Waals surface area contributed by atoms with Gasteiger partial charge in [-0.3, -0.25) is 23.7 Å². The summed E-state index contributed by atoms with van der Waals surface area (Å²) in [6.07, 6.45) is 2.93. The summed E-state index contributed by atoms with van der Waals surface area (Å²) in [7, 11) is 0. The third-order valence-corrected chi connectivity index (χ3v) is 5.10. The SMILES string of the molecule is Cc1ccc2nc(COC(=O)CN3C(=O)N[C@](C)(CCC(C)C)C3=O)cc(=O)n2c1. The summed E-state index contributed by atoms with van der Waals surface area (Å²) in [6.45, 7) is 6.88. The number of aryl methyl sites for hydroxylation is 1. The van der Waals surface area contributed by atoms with Gasteiger partial charge in [-0.15, -0.1) is 0 Å². The fourth-order valence-corrected chi connectivity index (χ4v) is 3.30. The van der Waals surface area contributed by atoms with Gasteiger partial charge in [-0.05, 0) is 44.2 Å². The molecule has 0 radical (unpaired) electrons. The number of aromatic nitrogens is 2. The molecule has 1 fully saturated rings. The van der Waals surface area contributed by atoms with Crippen LogP contribution in [-0.4, -0.2) is 44.3 Å². The monoisotopic (exact) mass is 414 g/mol. The van der Waals surface area contributed by atoms with E-state index in [9.17, 15) is 19.2 Å². The first-order valence-corrected chi connectivity index (χ1v) is 9.88. The number of urea groups is 1. The minimum absolute atomic E-state index is 0.229. The average molecular weight is 414 g/mol. The topological polar surface area (TPSA) is 110 Å². The third-order valence-electron chi connectivity index (χ3n) is 5.10. The second kappa shape index (κ2) is 8.25. The molecular weight excluding hydrogens is 388 g/mol. The van der Waals surface area contributed by atoms with E-state index in [-0.39, 0.29) is 17.9 Å². The van der Waals surface area contributed by atoms with Crippen LogP contribution in [0.15, 0.2) is 29.2 Å². The Morgan fingerprint density at radius 3 is 2.70 bits per heavy atom. The summed E-state index contributed by atoms with van der Waals surface area (Å²) in [5.41, 5.74) is 0.337. The highest BCUT2D eigenvalue weighted by Crippen LogP contribution is 2.24. The number of carbonyl (C=O) groups is 3. The number of hydrogen-bond donors (Lipinski definition) is 1. The Balaban J connectivity index is 1.63. The molecule has 9 heteroatoms. The minimum atomic E-state index is -1.02. The zero-order chi connectivity index (χ0) is 22.1. The molecule has 1 atom stereocenters. The lowest BCUT2D eigenvalue weighted by Gasteiger charge is -2.22. The highest BCUT2D eigenvalue weighted by Gasteiger charge is 2.48. The smallest absolute Gasteiger partial charge is 0.326 e. The summed E-state index contributed by atoms with van der Waals surface area (Å²) in [5, 5.41) is 2.67. The molecule has 0 unspecified atom stereocenters. The number of amides is 3. The summed E-state index contributed by atoms with van der Waals surface area (Å²) < 4.78 is 6.57. The van der Waals surface area contributed by atoms with Gasteiger partial charge in [0.25, 0.3) is 11.5 Å². The maximum absolute atomic E-state index is 12.7. The number of rotatable bonds is 7. The van der Waals surface area contributed by atoms with Crippen LogP contribution in [0.2, 0.25) is 0 Å². The number of hydrogen-bond acceptors (Lipinski definition) is 6. The van der Waals surface area contributed by atoms with Crippen LogP contribution < -0.4 is 10.9 Å². The Morgan fingerprint density at radius 1 is 1.27 bits per heavy atom. The van der Waals surface area contributed by atoms with Crippen LogP contribution in [0.1, 0.15) is 44.9 Å². The van der Waals surface area contributed by atoms with E-state index in [2.05, 4.69) is 10.3 Å². The molecule has 160 valence electrons. The number of ether oxygens (including phenoxy) is 1. The van der Waals surface area contributed by atoms with Crippen molar-refractivity contribution in [1.29, 1.82) is 0 Å². The first-order valence-electron chi connectivity index (χ1n) is 9.88. The van der Waals surface area contributed by atoms with Crippen molar-refractivity contribution in [1.82, 2.24) is 19.6 Å². The highest BCUT2D eigenvalue weighted by molar-refractivity contribution is 6.08. The van der Waals surface area contributed by atoms with Crippen molar-refractivity contribution >= 4 is 23.6 Å². The van der Waals surface area contributed by atoms with Crippen LogP contribution in [0.3, 0.4) is 0 Å². The van der Waals surface area contributed by atoms with Gasteiger partial charge in [0.15, 0.2) is 0 Å². The molecule has 2 aromatic rings. The zero-order valence-corrected chi connectivity index (χ0v) is 17.6. The molecular formula is C21H26N4O5. The summed E-state index contributed by atoms with van der Waals surface area (Å²) >= 11 is 0. The van der Waals surface area contributed by atoms with Crippen LogP contribution in [0.5, 0.6) is 0 Å². The summed E-state index contributed by atoms with van der Waals surface area (Å²) in [4.78, 5) is 54.5. The minimum Gasteiger partial charge on any atom is -0.458 e. The van der Waals surface area contributed by atoms with Gasteiger partial charge >= 0.3 is 12.0 Å². The van der Waals surface area contributed by atoms with Crippen molar-refractivity contribution < 1.29 is 19.1 Å². The number of fused-ring (bicyclic) bond motifs is 1. The molecule has 3 heterocycles. The van der Waals surface area contributed by atoms with Gasteiger partial charge in [0, 0.05) is 12.3 Å². The van der Waals surface area contributed by atoms with Crippen molar-refractivity contribution in [3.8, 4) is 0 Å². The molecule has 3 amide bonds. The fourth-order valence-electron chi connectivity index (χ4n) is 3.30. The first kappa shape index (κ1) is 21.5. The maximum Gasteiger partial charge on any atom is 0.326 e. The quantitative estimate of drug-likeness (QED) is 0.546. The standard InChI is InChI=1S/C21H26N4O5/c1-13(2)7-8-21(4)19(28)25(20(29)23-21)11-18(27)30-12-15-9-17(26)24-10-14(3)5-6-16(24)22-15/h5-6,9-10,13H,7-8,11-12H2,1-4H3,(H,23,29)/t21-/m1/s1. The predicted molar refractivity (Wildman–Crippen MR) is 109 cm³/mol. The van der Waals surface area contributed by atoms with Gasteiger partial charge in [-0.1, -0.05) is 19.9 Å². The second-order valence-electron chi connectivity index (χ2n) is 8.27. The van der Waals surface area contributed by atoms with E-state index in [1.54, 1.807) is 19.2 Å². The molecule has 3 rings (SSSR count). The summed E-state index contributed by atoms with van der Waals surface area (Å²) in [6, 6.07) is 4.20. The van der Waals surface area contributed by atoms with Crippen LogP contribution >= 0.6 is 0 Å². The first-order chi connectivity index (χ1) is 14.1. The molecule has 1 aliphatic heterocycles. The normalized spacial score (nSPS) is 18.9. The molecule has 0 aromatic carbocycles. The largest absolute Gasteiger partial charge is 0.458 e. The third kappa shape index (κ3) is 4.50. The number of pyridine rings is 1. The van der Waals surface area contributed by atoms with Crippen molar-refractivity contribution in [2.45, 2.75) is 52.7 Å². The van der Waals surface area contributed by atoms with E-state index in [0.717, 1.165) is 16.9 Å². The van der Waals surface area contributed by atoms with Crippen LogP contribution in [0.25, 0.3) is 5.65 Å². The molecule has 0 spiro atoms. The predicted octanol–water partition coefficient (Wildman–Crippen LogP) is 1.79. The highest BCUT2D eigenvalue weighted by atomic mass is 16.5. The van der Waals surface area contributed by atoms with Gasteiger partial charge in [0.05, 0.1) is 5.69 Å². The lowest BCUT2D eigenvalue weighted by Crippen LogP contribution is -2.44. The maximum atomic E-state index is 12.7. The molecule has 1 aliphatic rings. The lowest BCUT2D eigenvalue weighted by molar-refractivity contribution is -0.148. The number of nitrogens with zero attached hydrogens (tertiary/aromatic N) is 3. The molecule has 0 bridgehead atoms. The Bertz CT molecular complexity index is 1060.